The highest BCUT2D eigenvalue weighted by Gasteiger charge is 2.18. The SMILES string of the molecule is COCCOCCCNC(=O)c1cccc(S(=O)(=O)Nc2ccccc2OC)c1. The summed E-state index contributed by atoms with van der Waals surface area (Å²) in [4.78, 5) is 12.3. The Kier molecular flexibility index (Phi) is 8.91. The Morgan fingerprint density at radius 3 is 2.55 bits per heavy atom. The van der Waals surface area contributed by atoms with E-state index in [4.69, 9.17) is 14.2 Å². The highest BCUT2D eigenvalue weighted by atomic mass is 32.2. The first-order valence-corrected chi connectivity index (χ1v) is 10.6. The van der Waals surface area contributed by atoms with Crippen LogP contribution in [0, 0.1) is 0 Å². The van der Waals surface area contributed by atoms with Gasteiger partial charge in [0.1, 0.15) is 5.75 Å². The van der Waals surface area contributed by atoms with Crippen molar-refractivity contribution in [1.82, 2.24) is 5.32 Å². The number of nitrogens with one attached hydrogen (secondary N) is 2. The third kappa shape index (κ3) is 7.04. The fourth-order valence-corrected chi connectivity index (χ4v) is 3.58. The second-order valence-corrected chi connectivity index (χ2v) is 7.73. The molecule has 0 atom stereocenters. The van der Waals surface area contributed by atoms with Crippen LogP contribution in [0.15, 0.2) is 53.4 Å². The summed E-state index contributed by atoms with van der Waals surface area (Å²) in [7, 11) is -0.822. The van der Waals surface area contributed by atoms with Gasteiger partial charge in [0, 0.05) is 25.8 Å². The Morgan fingerprint density at radius 2 is 1.79 bits per heavy atom. The van der Waals surface area contributed by atoms with Gasteiger partial charge in [-0.3, -0.25) is 9.52 Å². The molecule has 2 aromatic carbocycles. The Balaban J connectivity index is 1.98. The van der Waals surface area contributed by atoms with Gasteiger partial charge in [-0.25, -0.2) is 8.42 Å². The molecule has 0 aliphatic carbocycles. The minimum atomic E-state index is -3.88. The zero-order chi connectivity index (χ0) is 21.1. The molecule has 9 heteroatoms. The summed E-state index contributed by atoms with van der Waals surface area (Å²) in [5.74, 6) is 0.0499. The maximum absolute atomic E-state index is 12.7. The van der Waals surface area contributed by atoms with Crippen LogP contribution in [0.3, 0.4) is 0 Å². The van der Waals surface area contributed by atoms with Gasteiger partial charge in [-0.1, -0.05) is 18.2 Å². The number of ether oxygens (including phenoxy) is 3. The maximum Gasteiger partial charge on any atom is 0.262 e. The largest absolute Gasteiger partial charge is 0.495 e. The highest BCUT2D eigenvalue weighted by Crippen LogP contribution is 2.26. The van der Waals surface area contributed by atoms with Gasteiger partial charge >= 0.3 is 0 Å². The molecule has 0 aliphatic rings. The summed E-state index contributed by atoms with van der Waals surface area (Å²) in [6.45, 7) is 1.95. The fourth-order valence-electron chi connectivity index (χ4n) is 2.46. The molecule has 0 aromatic heterocycles. The standard InChI is InChI=1S/C20H26N2O6S/c1-26-13-14-28-12-6-11-21-20(23)16-7-5-8-17(15-16)29(24,25)22-18-9-3-4-10-19(18)27-2/h3-5,7-10,15,22H,6,11-14H2,1-2H3,(H,21,23). The Bertz CT molecular complexity index is 901. The number of hydrogen-bond acceptors (Lipinski definition) is 6. The fraction of sp³-hybridized carbons (Fsp3) is 0.350. The van der Waals surface area contributed by atoms with Gasteiger partial charge in [0.2, 0.25) is 0 Å². The molecule has 2 N–H and O–H groups in total. The van der Waals surface area contributed by atoms with Crippen LogP contribution in [0.4, 0.5) is 5.69 Å². The molecule has 158 valence electrons. The number of hydrogen-bond donors (Lipinski definition) is 2. The molecule has 0 aliphatic heterocycles. The number of sulfonamides is 1. The summed E-state index contributed by atoms with van der Waals surface area (Å²) in [6.07, 6.45) is 0.642. The third-order valence-corrected chi connectivity index (χ3v) is 5.30. The summed E-state index contributed by atoms with van der Waals surface area (Å²) in [6, 6.07) is 12.5. The minimum absolute atomic E-state index is 0.0149. The van der Waals surface area contributed by atoms with Gasteiger partial charge in [0.05, 0.1) is 30.9 Å². The molecular weight excluding hydrogens is 396 g/mol. The van der Waals surface area contributed by atoms with Crippen molar-refractivity contribution in [3.05, 3.63) is 54.1 Å². The molecule has 0 unspecified atom stereocenters. The lowest BCUT2D eigenvalue weighted by Gasteiger charge is -2.12. The van der Waals surface area contributed by atoms with E-state index in [1.165, 1.54) is 25.3 Å². The summed E-state index contributed by atoms with van der Waals surface area (Å²) in [5.41, 5.74) is 0.575. The van der Waals surface area contributed by atoms with Gasteiger partial charge in [-0.15, -0.1) is 0 Å². The van der Waals surface area contributed by atoms with Crippen LogP contribution in [-0.2, 0) is 19.5 Å². The monoisotopic (exact) mass is 422 g/mol. The van der Waals surface area contributed by atoms with Crippen molar-refractivity contribution in [3.63, 3.8) is 0 Å². The van der Waals surface area contributed by atoms with Crippen LogP contribution in [0.25, 0.3) is 0 Å². The molecule has 0 fully saturated rings. The first kappa shape index (κ1) is 22.7. The van der Waals surface area contributed by atoms with Crippen molar-refractivity contribution in [1.29, 1.82) is 0 Å². The summed E-state index contributed by atoms with van der Waals surface area (Å²) in [5, 5.41) is 2.75. The predicted molar refractivity (Wildman–Crippen MR) is 110 cm³/mol. The third-order valence-electron chi connectivity index (χ3n) is 3.94. The second kappa shape index (κ2) is 11.4. The van der Waals surface area contributed by atoms with E-state index in [2.05, 4.69) is 10.0 Å². The van der Waals surface area contributed by atoms with E-state index in [0.29, 0.717) is 44.2 Å². The molecule has 0 saturated heterocycles. The highest BCUT2D eigenvalue weighted by molar-refractivity contribution is 7.92. The zero-order valence-corrected chi connectivity index (χ0v) is 17.3. The molecule has 8 nitrogen and oxygen atoms in total. The van der Waals surface area contributed by atoms with E-state index in [9.17, 15) is 13.2 Å². The number of amides is 1. The van der Waals surface area contributed by atoms with Crippen molar-refractivity contribution in [2.75, 3.05) is 45.3 Å². The molecular formula is C20H26N2O6S. The lowest BCUT2D eigenvalue weighted by atomic mass is 10.2. The van der Waals surface area contributed by atoms with E-state index in [-0.39, 0.29) is 16.4 Å². The topological polar surface area (TPSA) is 103 Å². The lowest BCUT2D eigenvalue weighted by Crippen LogP contribution is -2.25. The van der Waals surface area contributed by atoms with Crippen LogP contribution in [0.1, 0.15) is 16.8 Å². The minimum Gasteiger partial charge on any atom is -0.495 e. The Hall–Kier alpha value is -2.62. The van der Waals surface area contributed by atoms with Gasteiger partial charge in [-0.05, 0) is 36.8 Å². The molecule has 0 heterocycles. The van der Waals surface area contributed by atoms with Crippen molar-refractivity contribution in [2.24, 2.45) is 0 Å². The number of carbonyl (C=O) groups excluding carboxylic acids is 1. The average molecular weight is 423 g/mol. The van der Waals surface area contributed by atoms with Gasteiger partial charge < -0.3 is 19.5 Å². The Labute approximate surface area is 171 Å². The van der Waals surface area contributed by atoms with Crippen molar-refractivity contribution >= 4 is 21.6 Å². The summed E-state index contributed by atoms with van der Waals surface area (Å²) < 4.78 is 43.3. The van der Waals surface area contributed by atoms with E-state index in [0.717, 1.165) is 0 Å². The molecule has 29 heavy (non-hydrogen) atoms. The van der Waals surface area contributed by atoms with Crippen LogP contribution in [0.2, 0.25) is 0 Å². The first-order valence-electron chi connectivity index (χ1n) is 9.08. The molecule has 2 aromatic rings. The smallest absolute Gasteiger partial charge is 0.262 e. The summed E-state index contributed by atoms with van der Waals surface area (Å²) >= 11 is 0. The Morgan fingerprint density at radius 1 is 1.00 bits per heavy atom. The lowest BCUT2D eigenvalue weighted by molar-refractivity contribution is 0.0688. The molecule has 0 bridgehead atoms. The number of carbonyl (C=O) groups is 1. The molecule has 1 amide bonds. The number of methoxy groups -OCH3 is 2. The number of rotatable bonds is 12. The molecule has 0 saturated carbocycles. The predicted octanol–water partition coefficient (Wildman–Crippen LogP) is 2.28. The van der Waals surface area contributed by atoms with Gasteiger partial charge in [0.15, 0.2) is 0 Å². The van der Waals surface area contributed by atoms with Crippen LogP contribution >= 0.6 is 0 Å². The van der Waals surface area contributed by atoms with Crippen molar-refractivity contribution in [3.8, 4) is 5.75 Å². The van der Waals surface area contributed by atoms with Crippen LogP contribution < -0.4 is 14.8 Å². The second-order valence-electron chi connectivity index (χ2n) is 6.05. The van der Waals surface area contributed by atoms with Crippen LogP contribution in [-0.4, -0.2) is 54.9 Å². The van der Waals surface area contributed by atoms with Gasteiger partial charge in [-0.2, -0.15) is 0 Å². The normalized spacial score (nSPS) is 11.1. The number of anilines is 1. The van der Waals surface area contributed by atoms with Crippen molar-refractivity contribution in [2.45, 2.75) is 11.3 Å². The van der Waals surface area contributed by atoms with Gasteiger partial charge in [0.25, 0.3) is 15.9 Å². The molecule has 0 spiro atoms. The molecule has 2 rings (SSSR count). The van der Waals surface area contributed by atoms with E-state index in [1.807, 2.05) is 0 Å². The van der Waals surface area contributed by atoms with E-state index < -0.39 is 10.0 Å². The van der Waals surface area contributed by atoms with Crippen LogP contribution in [0.5, 0.6) is 5.75 Å². The van der Waals surface area contributed by atoms with Crippen molar-refractivity contribution < 1.29 is 27.4 Å². The maximum atomic E-state index is 12.7. The number of para-hydroxylation sites is 2. The van der Waals surface area contributed by atoms with E-state index in [1.54, 1.807) is 37.4 Å². The molecule has 0 radical (unpaired) electrons. The zero-order valence-electron chi connectivity index (χ0n) is 16.5. The number of benzene rings is 2. The van der Waals surface area contributed by atoms with E-state index >= 15 is 0 Å². The quantitative estimate of drug-likeness (QED) is 0.509. The first-order chi connectivity index (χ1) is 14.0. The average Bonchev–Trinajstić information content (AvgIpc) is 2.73.